The minimum absolute atomic E-state index is 0.167. The number of aliphatic hydroxyl groups is 1. The van der Waals surface area contributed by atoms with Crippen LogP contribution in [0.5, 0.6) is 0 Å². The molecule has 1 unspecified atom stereocenters. The normalized spacial score (nSPS) is 12.4. The lowest BCUT2D eigenvalue weighted by atomic mass is 10.1. The lowest BCUT2D eigenvalue weighted by Gasteiger charge is -2.20. The van der Waals surface area contributed by atoms with Crippen molar-refractivity contribution in [2.24, 2.45) is 0 Å². The number of hydrogen-bond acceptors (Lipinski definition) is 3. The van der Waals surface area contributed by atoms with Gasteiger partial charge in [0, 0.05) is 16.9 Å². The summed E-state index contributed by atoms with van der Waals surface area (Å²) < 4.78 is 26.0. The van der Waals surface area contributed by atoms with Crippen LogP contribution >= 0.6 is 0 Å². The first-order chi connectivity index (χ1) is 9.61. The van der Waals surface area contributed by atoms with E-state index in [2.05, 4.69) is 5.32 Å². The van der Waals surface area contributed by atoms with Gasteiger partial charge in [-0.25, -0.2) is 8.78 Å². The molecule has 2 aromatic rings. The molecule has 4 N–H and O–H groups in total. The van der Waals surface area contributed by atoms with Crippen LogP contribution in [0.15, 0.2) is 48.5 Å². The van der Waals surface area contributed by atoms with Crippen LogP contribution in [-0.2, 0) is 0 Å². The van der Waals surface area contributed by atoms with E-state index < -0.39 is 12.5 Å². The van der Waals surface area contributed by atoms with Crippen molar-refractivity contribution in [2.75, 3.05) is 17.7 Å². The summed E-state index contributed by atoms with van der Waals surface area (Å²) in [5.41, 5.74) is 6.75. The van der Waals surface area contributed by atoms with Crippen LogP contribution in [0, 0.1) is 0 Å². The Morgan fingerprint density at radius 2 is 1.80 bits per heavy atom. The predicted octanol–water partition coefficient (Wildman–Crippen LogP) is 3.35. The summed E-state index contributed by atoms with van der Waals surface area (Å²) in [7, 11) is 0. The fraction of sp³-hybridized carbons (Fsp3) is 0.200. The largest absolute Gasteiger partial charge is 0.399 e. The van der Waals surface area contributed by atoms with Gasteiger partial charge < -0.3 is 16.2 Å². The van der Waals surface area contributed by atoms with Crippen molar-refractivity contribution in [3.05, 3.63) is 59.7 Å². The molecular weight excluding hydrogens is 262 g/mol. The molecule has 0 amide bonds. The van der Waals surface area contributed by atoms with Crippen molar-refractivity contribution in [3.8, 4) is 0 Å². The van der Waals surface area contributed by atoms with E-state index in [1.807, 2.05) is 30.3 Å². The van der Waals surface area contributed by atoms with Crippen LogP contribution in [0.3, 0.4) is 0 Å². The molecule has 1 atom stereocenters. The molecule has 0 saturated carbocycles. The molecule has 0 aliphatic heterocycles. The summed E-state index contributed by atoms with van der Waals surface area (Å²) in [6.45, 7) is -0.197. The Balaban J connectivity index is 2.28. The first-order valence-corrected chi connectivity index (χ1v) is 6.21. The van der Waals surface area contributed by atoms with Crippen LogP contribution in [0.1, 0.15) is 23.6 Å². The lowest BCUT2D eigenvalue weighted by molar-refractivity contribution is 0.152. The smallest absolute Gasteiger partial charge is 0.265 e. The lowest BCUT2D eigenvalue weighted by Crippen LogP contribution is -2.16. The number of nitrogens with two attached hydrogens (primary N) is 1. The third-order valence-electron chi connectivity index (χ3n) is 3.02. The molecular formula is C15H16F2N2O. The summed E-state index contributed by atoms with van der Waals surface area (Å²) >= 11 is 0. The van der Waals surface area contributed by atoms with Gasteiger partial charge in [-0.05, 0) is 23.8 Å². The van der Waals surface area contributed by atoms with E-state index in [0.717, 1.165) is 5.56 Å². The second-order valence-corrected chi connectivity index (χ2v) is 4.44. The van der Waals surface area contributed by atoms with E-state index in [1.54, 1.807) is 6.07 Å². The molecule has 2 rings (SSSR count). The van der Waals surface area contributed by atoms with E-state index >= 15 is 0 Å². The van der Waals surface area contributed by atoms with E-state index in [-0.39, 0.29) is 23.5 Å². The SMILES string of the molecule is Nc1ccc(NC(CO)c2ccccc2)c(C(F)F)c1. The maximum absolute atomic E-state index is 13.0. The fourth-order valence-electron chi connectivity index (χ4n) is 2.00. The van der Waals surface area contributed by atoms with Crippen molar-refractivity contribution in [2.45, 2.75) is 12.5 Å². The van der Waals surface area contributed by atoms with E-state index in [0.29, 0.717) is 0 Å². The minimum atomic E-state index is -2.63. The molecule has 0 bridgehead atoms. The second kappa shape index (κ2) is 6.34. The number of alkyl halides is 2. The molecule has 3 nitrogen and oxygen atoms in total. The quantitative estimate of drug-likeness (QED) is 0.735. The second-order valence-electron chi connectivity index (χ2n) is 4.44. The summed E-state index contributed by atoms with van der Waals surface area (Å²) in [6.07, 6.45) is -2.63. The summed E-state index contributed by atoms with van der Waals surface area (Å²) in [6, 6.07) is 13.0. The van der Waals surface area contributed by atoms with Gasteiger partial charge in [-0.2, -0.15) is 0 Å². The van der Waals surface area contributed by atoms with E-state index in [4.69, 9.17) is 5.73 Å². The molecule has 2 aromatic carbocycles. The number of anilines is 2. The Labute approximate surface area is 116 Å². The van der Waals surface area contributed by atoms with E-state index in [9.17, 15) is 13.9 Å². The first-order valence-electron chi connectivity index (χ1n) is 6.21. The van der Waals surface area contributed by atoms with Gasteiger partial charge in [0.1, 0.15) is 0 Å². The average molecular weight is 278 g/mol. The summed E-state index contributed by atoms with van der Waals surface area (Å²) in [4.78, 5) is 0. The van der Waals surface area contributed by atoms with Crippen molar-refractivity contribution in [1.82, 2.24) is 0 Å². The van der Waals surface area contributed by atoms with Gasteiger partial charge >= 0.3 is 0 Å². The highest BCUT2D eigenvalue weighted by Crippen LogP contribution is 2.31. The Morgan fingerprint density at radius 1 is 1.10 bits per heavy atom. The van der Waals surface area contributed by atoms with Gasteiger partial charge in [0.25, 0.3) is 6.43 Å². The van der Waals surface area contributed by atoms with Gasteiger partial charge in [-0.3, -0.25) is 0 Å². The third-order valence-corrected chi connectivity index (χ3v) is 3.02. The Morgan fingerprint density at radius 3 is 2.40 bits per heavy atom. The highest BCUT2D eigenvalue weighted by atomic mass is 19.3. The molecule has 5 heteroatoms. The van der Waals surface area contributed by atoms with Gasteiger partial charge in [-0.1, -0.05) is 30.3 Å². The Bertz CT molecular complexity index is 561. The Kier molecular flexibility index (Phi) is 4.53. The van der Waals surface area contributed by atoms with Crippen molar-refractivity contribution >= 4 is 11.4 Å². The first kappa shape index (κ1) is 14.3. The molecule has 0 fully saturated rings. The standard InChI is InChI=1S/C15H16F2N2O/c16-15(17)12-8-11(18)6-7-13(12)19-14(9-20)10-4-2-1-3-5-10/h1-8,14-15,19-20H,9,18H2. The van der Waals surface area contributed by atoms with Crippen molar-refractivity contribution < 1.29 is 13.9 Å². The number of rotatable bonds is 5. The maximum Gasteiger partial charge on any atom is 0.265 e. The third kappa shape index (κ3) is 3.24. The average Bonchev–Trinajstić information content (AvgIpc) is 2.46. The molecule has 0 heterocycles. The molecule has 0 aliphatic rings. The zero-order chi connectivity index (χ0) is 14.5. The predicted molar refractivity (Wildman–Crippen MR) is 75.7 cm³/mol. The molecule has 0 radical (unpaired) electrons. The monoisotopic (exact) mass is 278 g/mol. The number of benzene rings is 2. The van der Waals surface area contributed by atoms with Crippen molar-refractivity contribution in [3.63, 3.8) is 0 Å². The summed E-state index contributed by atoms with van der Waals surface area (Å²) in [5.74, 6) is 0. The number of halogens is 2. The fourth-order valence-corrected chi connectivity index (χ4v) is 2.00. The van der Waals surface area contributed by atoms with E-state index in [1.165, 1.54) is 12.1 Å². The topological polar surface area (TPSA) is 58.3 Å². The van der Waals surface area contributed by atoms with Crippen LogP contribution in [-0.4, -0.2) is 11.7 Å². The number of nitrogen functional groups attached to an aromatic ring is 1. The van der Waals surface area contributed by atoms with Crippen LogP contribution < -0.4 is 11.1 Å². The molecule has 106 valence electrons. The van der Waals surface area contributed by atoms with Crippen molar-refractivity contribution in [1.29, 1.82) is 0 Å². The number of nitrogens with one attached hydrogen (secondary N) is 1. The van der Waals surface area contributed by atoms with Gasteiger partial charge in [0.15, 0.2) is 0 Å². The molecule has 0 saturated heterocycles. The maximum atomic E-state index is 13.0. The Hall–Kier alpha value is -2.14. The molecule has 20 heavy (non-hydrogen) atoms. The number of hydrogen-bond donors (Lipinski definition) is 3. The van der Waals surface area contributed by atoms with Gasteiger partial charge in [0.2, 0.25) is 0 Å². The van der Waals surface area contributed by atoms with Gasteiger partial charge in [0.05, 0.1) is 12.6 Å². The molecule has 0 aliphatic carbocycles. The summed E-state index contributed by atoms with van der Waals surface area (Å²) in [5, 5.41) is 12.4. The van der Waals surface area contributed by atoms with Crippen LogP contribution in [0.4, 0.5) is 20.2 Å². The minimum Gasteiger partial charge on any atom is -0.399 e. The highest BCUT2D eigenvalue weighted by Gasteiger charge is 2.17. The number of aliphatic hydroxyl groups excluding tert-OH is 1. The van der Waals surface area contributed by atoms with Gasteiger partial charge in [-0.15, -0.1) is 0 Å². The molecule has 0 spiro atoms. The van der Waals surface area contributed by atoms with Crippen LogP contribution in [0.25, 0.3) is 0 Å². The zero-order valence-electron chi connectivity index (χ0n) is 10.8. The molecule has 0 aromatic heterocycles. The van der Waals surface area contributed by atoms with Crippen LogP contribution in [0.2, 0.25) is 0 Å². The highest BCUT2D eigenvalue weighted by molar-refractivity contribution is 5.59. The zero-order valence-corrected chi connectivity index (χ0v) is 10.8.